The van der Waals surface area contributed by atoms with Crippen LogP contribution in [0.25, 0.3) is 10.8 Å². The number of nitrogens with one attached hydrogen (secondary N) is 1. The third kappa shape index (κ3) is 3.23. The minimum absolute atomic E-state index is 0.164. The Morgan fingerprint density at radius 1 is 1.26 bits per heavy atom. The van der Waals surface area contributed by atoms with Crippen LogP contribution in [-0.4, -0.2) is 44.7 Å². The summed E-state index contributed by atoms with van der Waals surface area (Å²) < 4.78 is 5.32. The van der Waals surface area contributed by atoms with Crippen molar-refractivity contribution in [3.05, 3.63) is 48.0 Å². The Morgan fingerprint density at radius 2 is 2.04 bits per heavy atom. The van der Waals surface area contributed by atoms with Crippen LogP contribution in [0.4, 0.5) is 0 Å². The van der Waals surface area contributed by atoms with Crippen LogP contribution in [-0.2, 0) is 16.1 Å². The van der Waals surface area contributed by atoms with Gasteiger partial charge in [-0.1, -0.05) is 36.4 Å². The van der Waals surface area contributed by atoms with E-state index in [1.54, 1.807) is 7.11 Å². The van der Waals surface area contributed by atoms with Crippen LogP contribution >= 0.6 is 0 Å². The Kier molecular flexibility index (Phi) is 4.64. The minimum atomic E-state index is -0.416. The highest BCUT2D eigenvalue weighted by molar-refractivity contribution is 5.84. The smallest absolute Gasteiger partial charge is 0.232 e. The molecule has 1 fully saturated rings. The molecule has 0 radical (unpaired) electrons. The van der Waals surface area contributed by atoms with Gasteiger partial charge in [0.15, 0.2) is 0 Å². The highest BCUT2D eigenvalue weighted by atomic mass is 16.5. The molecule has 0 spiro atoms. The Balaban J connectivity index is 1.76. The van der Waals surface area contributed by atoms with Crippen molar-refractivity contribution in [1.29, 1.82) is 0 Å². The zero-order valence-electron chi connectivity index (χ0n) is 13.8. The first-order chi connectivity index (χ1) is 11.1. The molecule has 4 heteroatoms. The molecule has 2 aromatic rings. The van der Waals surface area contributed by atoms with Gasteiger partial charge in [0.1, 0.15) is 0 Å². The first kappa shape index (κ1) is 16.0. The number of ether oxygens (including phenoxy) is 1. The van der Waals surface area contributed by atoms with Gasteiger partial charge in [-0.2, -0.15) is 0 Å². The van der Waals surface area contributed by atoms with Crippen LogP contribution in [0.15, 0.2) is 42.5 Å². The lowest BCUT2D eigenvalue weighted by Crippen LogP contribution is -2.46. The van der Waals surface area contributed by atoms with Gasteiger partial charge in [-0.3, -0.25) is 4.79 Å². The number of benzene rings is 2. The molecule has 1 amide bonds. The number of hydrogen-bond donors (Lipinski definition) is 1. The van der Waals surface area contributed by atoms with Crippen LogP contribution < -0.4 is 5.32 Å². The van der Waals surface area contributed by atoms with E-state index in [9.17, 15) is 4.79 Å². The van der Waals surface area contributed by atoms with Crippen LogP contribution in [0.2, 0.25) is 0 Å². The first-order valence-electron chi connectivity index (χ1n) is 8.07. The summed E-state index contributed by atoms with van der Waals surface area (Å²) in [5.41, 5.74) is 0.735. The van der Waals surface area contributed by atoms with E-state index < -0.39 is 5.41 Å². The predicted octanol–water partition coefficient (Wildman–Crippen LogP) is 2.42. The second-order valence-electron chi connectivity index (χ2n) is 6.48. The fraction of sp³-hybridized carbons (Fsp3) is 0.421. The molecule has 1 heterocycles. The van der Waals surface area contributed by atoms with Crippen LogP contribution in [0.1, 0.15) is 12.0 Å². The number of rotatable bonds is 5. The summed E-state index contributed by atoms with van der Waals surface area (Å²) in [6.07, 6.45) is 0.835. The van der Waals surface area contributed by atoms with Crippen LogP contribution in [0.3, 0.4) is 0 Å². The second kappa shape index (κ2) is 6.69. The van der Waals surface area contributed by atoms with E-state index >= 15 is 0 Å². The van der Waals surface area contributed by atoms with E-state index in [4.69, 9.17) is 4.74 Å². The molecule has 4 nitrogen and oxygen atoms in total. The number of hydrogen-bond acceptors (Lipinski definition) is 3. The number of nitrogens with zero attached hydrogens (tertiary/aromatic N) is 1. The molecule has 122 valence electrons. The van der Waals surface area contributed by atoms with Crippen LogP contribution in [0, 0.1) is 5.41 Å². The summed E-state index contributed by atoms with van der Waals surface area (Å²) in [4.78, 5) is 14.8. The van der Waals surface area contributed by atoms with E-state index in [0.29, 0.717) is 19.7 Å². The first-order valence-corrected chi connectivity index (χ1v) is 8.07. The van der Waals surface area contributed by atoms with Gasteiger partial charge in [0, 0.05) is 27.2 Å². The van der Waals surface area contributed by atoms with E-state index in [-0.39, 0.29) is 5.91 Å². The summed E-state index contributed by atoms with van der Waals surface area (Å²) in [6.45, 7) is 2.66. The van der Waals surface area contributed by atoms with Crippen molar-refractivity contribution < 1.29 is 9.53 Å². The molecular weight excluding hydrogens is 288 g/mol. The standard InChI is InChI=1S/C19H24N2O2/c1-21(18(22)19(14-23-2)9-10-20-13-19)12-15-7-8-16-5-3-4-6-17(16)11-15/h3-8,11,20H,9-10,12-14H2,1-2H3. The topological polar surface area (TPSA) is 41.6 Å². The van der Waals surface area contributed by atoms with Crippen LogP contribution in [0.5, 0.6) is 0 Å². The molecule has 0 aromatic heterocycles. The van der Waals surface area contributed by atoms with Crippen molar-refractivity contribution in [2.45, 2.75) is 13.0 Å². The largest absolute Gasteiger partial charge is 0.384 e. The number of amides is 1. The van der Waals surface area contributed by atoms with E-state index in [2.05, 4.69) is 35.6 Å². The summed E-state index contributed by atoms with van der Waals surface area (Å²) in [5.74, 6) is 0.164. The molecule has 1 atom stereocenters. The molecule has 0 aliphatic carbocycles. The van der Waals surface area contributed by atoms with Crippen molar-refractivity contribution >= 4 is 16.7 Å². The van der Waals surface area contributed by atoms with Gasteiger partial charge in [0.2, 0.25) is 5.91 Å². The lowest BCUT2D eigenvalue weighted by Gasteiger charge is -2.31. The van der Waals surface area contributed by atoms with E-state index in [1.165, 1.54) is 10.8 Å². The molecule has 2 aromatic carbocycles. The average Bonchev–Trinajstić information content (AvgIpc) is 3.04. The fourth-order valence-electron chi connectivity index (χ4n) is 3.48. The summed E-state index contributed by atoms with van der Waals surface area (Å²) in [7, 11) is 3.55. The van der Waals surface area contributed by atoms with Crippen molar-refractivity contribution in [2.24, 2.45) is 5.41 Å². The third-order valence-corrected chi connectivity index (χ3v) is 4.70. The second-order valence-corrected chi connectivity index (χ2v) is 6.48. The maximum absolute atomic E-state index is 12.9. The fourth-order valence-corrected chi connectivity index (χ4v) is 3.48. The highest BCUT2D eigenvalue weighted by Crippen LogP contribution is 2.29. The van der Waals surface area contributed by atoms with Gasteiger partial charge < -0.3 is 15.0 Å². The number of methoxy groups -OCH3 is 1. The average molecular weight is 312 g/mol. The molecule has 1 N–H and O–H groups in total. The predicted molar refractivity (Wildman–Crippen MR) is 92.2 cm³/mol. The molecule has 1 aliphatic rings. The summed E-state index contributed by atoms with van der Waals surface area (Å²) >= 11 is 0. The van der Waals surface area contributed by atoms with E-state index in [0.717, 1.165) is 18.5 Å². The number of fused-ring (bicyclic) bond motifs is 1. The van der Waals surface area contributed by atoms with Gasteiger partial charge in [0.25, 0.3) is 0 Å². The Labute approximate surface area is 137 Å². The molecule has 1 unspecified atom stereocenters. The molecule has 0 bridgehead atoms. The Morgan fingerprint density at radius 3 is 2.74 bits per heavy atom. The molecule has 0 saturated carbocycles. The maximum Gasteiger partial charge on any atom is 0.232 e. The summed E-state index contributed by atoms with van der Waals surface area (Å²) in [6, 6.07) is 14.7. The molecule has 23 heavy (non-hydrogen) atoms. The van der Waals surface area contributed by atoms with Gasteiger partial charge in [-0.05, 0) is 35.4 Å². The van der Waals surface area contributed by atoms with E-state index in [1.807, 2.05) is 24.1 Å². The van der Waals surface area contributed by atoms with Gasteiger partial charge in [-0.15, -0.1) is 0 Å². The molecule has 3 rings (SSSR count). The van der Waals surface area contributed by atoms with Gasteiger partial charge in [-0.25, -0.2) is 0 Å². The lowest BCUT2D eigenvalue weighted by atomic mass is 9.86. The van der Waals surface area contributed by atoms with Crippen molar-refractivity contribution in [3.8, 4) is 0 Å². The van der Waals surface area contributed by atoms with Gasteiger partial charge >= 0.3 is 0 Å². The molecule has 1 aliphatic heterocycles. The van der Waals surface area contributed by atoms with Crippen molar-refractivity contribution in [3.63, 3.8) is 0 Å². The zero-order valence-corrected chi connectivity index (χ0v) is 13.8. The molecule has 1 saturated heterocycles. The summed E-state index contributed by atoms with van der Waals surface area (Å²) in [5, 5.41) is 5.73. The monoisotopic (exact) mass is 312 g/mol. The SMILES string of the molecule is COCC1(C(=O)N(C)Cc2ccc3ccccc3c2)CCNC1. The highest BCUT2D eigenvalue weighted by Gasteiger charge is 2.42. The Hall–Kier alpha value is -1.91. The van der Waals surface area contributed by atoms with Gasteiger partial charge in [0.05, 0.1) is 12.0 Å². The number of carbonyl (C=O) groups is 1. The normalized spacial score (nSPS) is 20.8. The minimum Gasteiger partial charge on any atom is -0.384 e. The maximum atomic E-state index is 12.9. The van der Waals surface area contributed by atoms with Crippen molar-refractivity contribution in [2.75, 3.05) is 33.9 Å². The third-order valence-electron chi connectivity index (χ3n) is 4.70. The lowest BCUT2D eigenvalue weighted by molar-refractivity contribution is -0.143. The number of carbonyl (C=O) groups excluding carboxylic acids is 1. The van der Waals surface area contributed by atoms with Crippen molar-refractivity contribution in [1.82, 2.24) is 10.2 Å². The Bertz CT molecular complexity index is 693. The zero-order chi connectivity index (χ0) is 16.3. The molecular formula is C19H24N2O2. The quantitative estimate of drug-likeness (QED) is 0.922.